The molecule has 5 heteroatoms. The summed E-state index contributed by atoms with van der Waals surface area (Å²) in [6, 6.07) is -0.535. The molecule has 0 aromatic carbocycles. The van der Waals surface area contributed by atoms with Gasteiger partial charge < -0.3 is 11.1 Å². The molecule has 0 rings (SSSR count). The molecule has 0 aromatic rings. The van der Waals surface area contributed by atoms with Crippen LogP contribution in [0.1, 0.15) is 27.7 Å². The Labute approximate surface area is 102 Å². The summed E-state index contributed by atoms with van der Waals surface area (Å²) >= 11 is 1.64. The lowest BCUT2D eigenvalue weighted by atomic mass is 10.1. The third kappa shape index (κ3) is 6.85. The van der Waals surface area contributed by atoms with Gasteiger partial charge in [0.2, 0.25) is 5.91 Å². The molecule has 4 nitrogen and oxygen atoms in total. The van der Waals surface area contributed by atoms with E-state index in [0.29, 0.717) is 11.0 Å². The highest BCUT2D eigenvalue weighted by Crippen LogP contribution is 2.09. The van der Waals surface area contributed by atoms with Crippen molar-refractivity contribution < 1.29 is 9.59 Å². The van der Waals surface area contributed by atoms with Crippen molar-refractivity contribution in [1.82, 2.24) is 5.32 Å². The number of carbonyl (C=O) groups excluding carboxylic acids is 2. The second-order valence-corrected chi connectivity index (χ2v) is 5.94. The molecule has 0 fully saturated rings. The Bertz CT molecular complexity index is 242. The van der Waals surface area contributed by atoms with Gasteiger partial charge in [-0.15, -0.1) is 0 Å². The number of carbonyl (C=O) groups is 2. The van der Waals surface area contributed by atoms with Gasteiger partial charge in [0.1, 0.15) is 0 Å². The minimum Gasteiger partial charge on any atom is -0.348 e. The van der Waals surface area contributed by atoms with E-state index in [1.165, 1.54) is 0 Å². The van der Waals surface area contributed by atoms with Gasteiger partial charge in [0.15, 0.2) is 5.78 Å². The van der Waals surface area contributed by atoms with Crippen LogP contribution in [-0.2, 0) is 9.59 Å². The van der Waals surface area contributed by atoms with Crippen molar-refractivity contribution in [3.8, 4) is 0 Å². The molecular formula is C11H22N2O2S. The lowest BCUT2D eigenvalue weighted by Gasteiger charge is -2.13. The lowest BCUT2D eigenvalue weighted by molar-refractivity contribution is -0.126. The smallest absolute Gasteiger partial charge is 0.238 e. The first-order valence-corrected chi connectivity index (χ1v) is 6.57. The highest BCUT2D eigenvalue weighted by molar-refractivity contribution is 7.99. The van der Waals surface area contributed by atoms with Crippen LogP contribution in [0.2, 0.25) is 0 Å². The van der Waals surface area contributed by atoms with Crippen molar-refractivity contribution in [3.05, 3.63) is 0 Å². The van der Waals surface area contributed by atoms with E-state index in [2.05, 4.69) is 19.2 Å². The summed E-state index contributed by atoms with van der Waals surface area (Å²) in [5.74, 6) is 0.306. The zero-order valence-electron chi connectivity index (χ0n) is 10.4. The predicted molar refractivity (Wildman–Crippen MR) is 68.4 cm³/mol. The van der Waals surface area contributed by atoms with Crippen molar-refractivity contribution >= 4 is 23.5 Å². The first-order valence-electron chi connectivity index (χ1n) is 5.52. The summed E-state index contributed by atoms with van der Waals surface area (Å²) in [6.07, 6.45) is 0. The van der Waals surface area contributed by atoms with Crippen LogP contribution in [0, 0.1) is 5.92 Å². The van der Waals surface area contributed by atoms with E-state index < -0.39 is 6.04 Å². The Balaban J connectivity index is 3.84. The SMILES string of the molecule is CC(C)SC[C@H](N)C(=O)NCC(=O)C(C)C. The van der Waals surface area contributed by atoms with E-state index in [0.717, 1.165) is 0 Å². The average molecular weight is 246 g/mol. The number of ketones is 1. The molecule has 16 heavy (non-hydrogen) atoms. The van der Waals surface area contributed by atoms with Gasteiger partial charge in [-0.05, 0) is 5.25 Å². The van der Waals surface area contributed by atoms with Gasteiger partial charge in [0.25, 0.3) is 0 Å². The normalized spacial score (nSPS) is 12.9. The van der Waals surface area contributed by atoms with Crippen LogP contribution in [0.25, 0.3) is 0 Å². The van der Waals surface area contributed by atoms with Crippen LogP contribution in [0.3, 0.4) is 0 Å². The Kier molecular flexibility index (Phi) is 7.42. The van der Waals surface area contributed by atoms with Crippen LogP contribution in [0.4, 0.5) is 0 Å². The van der Waals surface area contributed by atoms with Gasteiger partial charge in [-0.1, -0.05) is 27.7 Å². The highest BCUT2D eigenvalue weighted by atomic mass is 32.2. The fraction of sp³-hybridized carbons (Fsp3) is 0.818. The van der Waals surface area contributed by atoms with Gasteiger partial charge >= 0.3 is 0 Å². The maximum Gasteiger partial charge on any atom is 0.238 e. The zero-order valence-corrected chi connectivity index (χ0v) is 11.3. The molecule has 94 valence electrons. The number of rotatable bonds is 7. The minimum absolute atomic E-state index is 0.0251. The minimum atomic E-state index is -0.535. The molecule has 0 saturated heterocycles. The fourth-order valence-electron chi connectivity index (χ4n) is 0.881. The number of nitrogens with one attached hydrogen (secondary N) is 1. The number of thioether (sulfide) groups is 1. The molecule has 0 saturated carbocycles. The van der Waals surface area contributed by atoms with Crippen LogP contribution >= 0.6 is 11.8 Å². The lowest BCUT2D eigenvalue weighted by Crippen LogP contribution is -2.44. The van der Waals surface area contributed by atoms with Crippen LogP contribution in [0.5, 0.6) is 0 Å². The van der Waals surface area contributed by atoms with E-state index in [-0.39, 0.29) is 24.2 Å². The third-order valence-electron chi connectivity index (χ3n) is 2.03. The maximum absolute atomic E-state index is 11.5. The average Bonchev–Trinajstić information content (AvgIpc) is 2.21. The van der Waals surface area contributed by atoms with Crippen molar-refractivity contribution in [2.75, 3.05) is 12.3 Å². The van der Waals surface area contributed by atoms with Crippen LogP contribution in [0.15, 0.2) is 0 Å². The molecule has 0 aliphatic heterocycles. The van der Waals surface area contributed by atoms with E-state index >= 15 is 0 Å². The van der Waals surface area contributed by atoms with Crippen molar-refractivity contribution in [2.24, 2.45) is 11.7 Å². The van der Waals surface area contributed by atoms with E-state index in [1.54, 1.807) is 11.8 Å². The Morgan fingerprint density at radius 2 is 1.81 bits per heavy atom. The number of Topliss-reactive ketones (excluding diaryl/α,β-unsaturated/α-hetero) is 1. The highest BCUT2D eigenvalue weighted by Gasteiger charge is 2.15. The first-order chi connectivity index (χ1) is 7.34. The number of amides is 1. The van der Waals surface area contributed by atoms with Gasteiger partial charge in [-0.25, -0.2) is 0 Å². The molecular weight excluding hydrogens is 224 g/mol. The summed E-state index contributed by atoms with van der Waals surface area (Å²) in [6.45, 7) is 7.80. The molecule has 0 spiro atoms. The Hall–Kier alpha value is -0.550. The fourth-order valence-corrected chi connectivity index (χ4v) is 1.62. The number of hydrogen-bond donors (Lipinski definition) is 2. The summed E-state index contributed by atoms with van der Waals surface area (Å²) in [4.78, 5) is 22.8. The summed E-state index contributed by atoms with van der Waals surface area (Å²) in [5.41, 5.74) is 5.68. The molecule has 0 aliphatic carbocycles. The van der Waals surface area contributed by atoms with Gasteiger partial charge in [-0.3, -0.25) is 9.59 Å². The molecule has 0 bridgehead atoms. The summed E-state index contributed by atoms with van der Waals surface area (Å²) < 4.78 is 0. The number of nitrogens with two attached hydrogens (primary N) is 1. The molecule has 1 amide bonds. The summed E-state index contributed by atoms with van der Waals surface area (Å²) in [5, 5.41) is 3.02. The Morgan fingerprint density at radius 1 is 1.25 bits per heavy atom. The summed E-state index contributed by atoms with van der Waals surface area (Å²) in [7, 11) is 0. The molecule has 0 radical (unpaired) electrons. The molecule has 0 aromatic heterocycles. The van der Waals surface area contributed by atoms with Crippen molar-refractivity contribution in [1.29, 1.82) is 0 Å². The predicted octanol–water partition coefficient (Wildman–Crippen LogP) is 0.797. The zero-order chi connectivity index (χ0) is 12.7. The largest absolute Gasteiger partial charge is 0.348 e. The molecule has 0 unspecified atom stereocenters. The van der Waals surface area contributed by atoms with E-state index in [9.17, 15) is 9.59 Å². The Morgan fingerprint density at radius 3 is 2.25 bits per heavy atom. The van der Waals surface area contributed by atoms with Crippen molar-refractivity contribution in [3.63, 3.8) is 0 Å². The maximum atomic E-state index is 11.5. The molecule has 0 aliphatic rings. The topological polar surface area (TPSA) is 72.2 Å². The number of hydrogen-bond acceptors (Lipinski definition) is 4. The monoisotopic (exact) mass is 246 g/mol. The van der Waals surface area contributed by atoms with Gasteiger partial charge in [0, 0.05) is 11.7 Å². The standard InChI is InChI=1S/C11H22N2O2S/c1-7(2)10(14)5-13-11(15)9(12)6-16-8(3)4/h7-9H,5-6,12H2,1-4H3,(H,13,15)/t9-/m0/s1. The van der Waals surface area contributed by atoms with E-state index in [4.69, 9.17) is 5.73 Å². The second-order valence-electron chi connectivity index (χ2n) is 4.33. The van der Waals surface area contributed by atoms with Crippen LogP contribution < -0.4 is 11.1 Å². The van der Waals surface area contributed by atoms with Crippen molar-refractivity contribution in [2.45, 2.75) is 39.0 Å². The second kappa shape index (κ2) is 7.68. The van der Waals surface area contributed by atoms with Crippen LogP contribution in [-0.4, -0.2) is 35.3 Å². The van der Waals surface area contributed by atoms with Gasteiger partial charge in [0.05, 0.1) is 12.6 Å². The molecule has 0 heterocycles. The van der Waals surface area contributed by atoms with E-state index in [1.807, 2.05) is 13.8 Å². The van der Waals surface area contributed by atoms with Gasteiger partial charge in [-0.2, -0.15) is 11.8 Å². The molecule has 3 N–H and O–H groups in total. The first kappa shape index (κ1) is 15.4. The quantitative estimate of drug-likeness (QED) is 0.697. The third-order valence-corrected chi connectivity index (χ3v) is 3.24. The molecule has 1 atom stereocenters.